The maximum atomic E-state index is 9.51. The second-order valence-corrected chi connectivity index (χ2v) is 5.06. The summed E-state index contributed by atoms with van der Waals surface area (Å²) in [6.07, 6.45) is 0.756. The number of nitrogens with zero attached hydrogens (tertiary/aromatic N) is 2. The highest BCUT2D eigenvalue weighted by atomic mass is 16.3. The molecule has 0 saturated heterocycles. The topological polar surface area (TPSA) is 26.7 Å². The summed E-state index contributed by atoms with van der Waals surface area (Å²) in [6.45, 7) is 7.16. The molecule has 0 fully saturated rings. The molecule has 1 rings (SSSR count). The maximum absolute atomic E-state index is 9.51. The molecule has 1 N–H and O–H groups in total. The molecule has 18 heavy (non-hydrogen) atoms. The predicted molar refractivity (Wildman–Crippen MR) is 78.1 cm³/mol. The van der Waals surface area contributed by atoms with Crippen molar-refractivity contribution in [3.63, 3.8) is 0 Å². The molecule has 0 unspecified atom stereocenters. The molecule has 3 nitrogen and oxygen atoms in total. The van der Waals surface area contributed by atoms with Gasteiger partial charge in [-0.25, -0.2) is 0 Å². The first-order valence-electron chi connectivity index (χ1n) is 6.72. The lowest BCUT2D eigenvalue weighted by Gasteiger charge is -2.26. The van der Waals surface area contributed by atoms with Crippen molar-refractivity contribution in [1.82, 2.24) is 4.90 Å². The molecule has 1 aromatic rings. The van der Waals surface area contributed by atoms with Crippen LogP contribution in [0.25, 0.3) is 0 Å². The van der Waals surface area contributed by atoms with Gasteiger partial charge in [0.1, 0.15) is 0 Å². The van der Waals surface area contributed by atoms with Crippen molar-refractivity contribution in [2.45, 2.75) is 26.4 Å². The average Bonchev–Trinajstić information content (AvgIpc) is 2.34. The molecule has 102 valence electrons. The molecule has 0 spiro atoms. The van der Waals surface area contributed by atoms with E-state index >= 15 is 0 Å². The summed E-state index contributed by atoms with van der Waals surface area (Å²) in [6, 6.07) is 8.23. The molecule has 0 aliphatic rings. The van der Waals surface area contributed by atoms with E-state index in [-0.39, 0.29) is 6.10 Å². The number of hydrogen-bond acceptors (Lipinski definition) is 3. The quantitative estimate of drug-likeness (QED) is 0.805. The average molecular weight is 250 g/mol. The molecule has 0 heterocycles. The minimum Gasteiger partial charge on any atom is -0.389 e. The Balaban J connectivity index is 2.72. The van der Waals surface area contributed by atoms with Crippen molar-refractivity contribution in [2.24, 2.45) is 0 Å². The number of aliphatic hydroxyl groups is 1. The van der Waals surface area contributed by atoms with Crippen LogP contribution in [-0.4, -0.2) is 43.7 Å². The van der Waals surface area contributed by atoms with Gasteiger partial charge in [0.15, 0.2) is 0 Å². The van der Waals surface area contributed by atoms with Gasteiger partial charge in [0.25, 0.3) is 0 Å². The fourth-order valence-corrected chi connectivity index (χ4v) is 1.92. The van der Waals surface area contributed by atoms with E-state index in [9.17, 15) is 5.11 Å². The number of likely N-dealkylation sites (N-methyl/N-ethyl adjacent to an activating group) is 1. The molecule has 3 heteroatoms. The normalized spacial score (nSPS) is 12.8. The van der Waals surface area contributed by atoms with Crippen molar-refractivity contribution < 1.29 is 5.11 Å². The molecule has 0 aromatic heterocycles. The fraction of sp³-hybridized carbons (Fsp3) is 0.600. The van der Waals surface area contributed by atoms with E-state index < -0.39 is 0 Å². The minimum atomic E-state index is -0.388. The van der Waals surface area contributed by atoms with Crippen LogP contribution in [0.2, 0.25) is 0 Å². The Morgan fingerprint density at radius 3 is 2.11 bits per heavy atom. The summed E-state index contributed by atoms with van der Waals surface area (Å²) < 4.78 is 0. The van der Waals surface area contributed by atoms with Crippen LogP contribution in [0.3, 0.4) is 0 Å². The Morgan fingerprint density at radius 2 is 1.67 bits per heavy atom. The van der Waals surface area contributed by atoms with Crippen LogP contribution in [0.15, 0.2) is 24.3 Å². The number of hydrogen-bond donors (Lipinski definition) is 1. The second-order valence-electron chi connectivity index (χ2n) is 5.06. The van der Waals surface area contributed by atoms with E-state index in [0.717, 1.165) is 31.6 Å². The third-order valence-electron chi connectivity index (χ3n) is 3.05. The fourth-order valence-electron chi connectivity index (χ4n) is 1.92. The van der Waals surface area contributed by atoms with Gasteiger partial charge in [-0.05, 0) is 45.1 Å². The highest BCUT2D eigenvalue weighted by Gasteiger charge is 2.07. The minimum absolute atomic E-state index is 0.388. The first kappa shape index (κ1) is 15.0. The molecule has 0 aliphatic heterocycles. The predicted octanol–water partition coefficient (Wildman–Crippen LogP) is 2.52. The Hall–Kier alpha value is -1.06. The largest absolute Gasteiger partial charge is 0.389 e. The van der Waals surface area contributed by atoms with Gasteiger partial charge in [0.05, 0.1) is 6.10 Å². The lowest BCUT2D eigenvalue weighted by molar-refractivity contribution is 0.199. The van der Waals surface area contributed by atoms with Crippen LogP contribution < -0.4 is 4.90 Å². The van der Waals surface area contributed by atoms with Gasteiger partial charge in [0, 0.05) is 25.3 Å². The molecule has 1 aromatic carbocycles. The van der Waals surface area contributed by atoms with Gasteiger partial charge in [0.2, 0.25) is 0 Å². The molecular weight excluding hydrogens is 224 g/mol. The first-order chi connectivity index (χ1) is 8.54. The van der Waals surface area contributed by atoms with Crippen molar-refractivity contribution in [3.05, 3.63) is 29.8 Å². The molecule has 0 radical (unpaired) electrons. The third-order valence-corrected chi connectivity index (χ3v) is 3.05. The van der Waals surface area contributed by atoms with Gasteiger partial charge < -0.3 is 14.9 Å². The van der Waals surface area contributed by atoms with Crippen LogP contribution in [-0.2, 0) is 0 Å². The van der Waals surface area contributed by atoms with Gasteiger partial charge in [-0.3, -0.25) is 0 Å². The lowest BCUT2D eigenvalue weighted by Crippen LogP contribution is -2.32. The van der Waals surface area contributed by atoms with Crippen LogP contribution >= 0.6 is 0 Å². The Labute approximate surface area is 111 Å². The number of anilines is 1. The standard InChI is InChI=1S/C15H26N2O/c1-5-10-17(12-11-16(3)4)15-8-6-14(7-9-15)13(2)18/h6-9,13,18H,5,10-12H2,1-4H3/t13-/m0/s1. The Kier molecular flexibility index (Phi) is 6.16. The van der Waals surface area contributed by atoms with Gasteiger partial charge in [-0.15, -0.1) is 0 Å². The zero-order chi connectivity index (χ0) is 13.5. The van der Waals surface area contributed by atoms with Gasteiger partial charge in [-0.2, -0.15) is 0 Å². The highest BCUT2D eigenvalue weighted by molar-refractivity contribution is 5.47. The second kappa shape index (κ2) is 7.39. The molecule has 0 aliphatic carbocycles. The third kappa shape index (κ3) is 4.67. The van der Waals surface area contributed by atoms with Crippen LogP contribution in [0, 0.1) is 0 Å². The van der Waals surface area contributed by atoms with Crippen LogP contribution in [0.5, 0.6) is 0 Å². The zero-order valence-electron chi connectivity index (χ0n) is 12.1. The first-order valence-corrected chi connectivity index (χ1v) is 6.72. The Bertz CT molecular complexity index is 333. The van der Waals surface area contributed by atoms with E-state index in [1.165, 1.54) is 5.69 Å². The van der Waals surface area contributed by atoms with E-state index in [4.69, 9.17) is 0 Å². The molecule has 0 bridgehead atoms. The van der Waals surface area contributed by atoms with E-state index in [1.807, 2.05) is 12.1 Å². The van der Waals surface area contributed by atoms with E-state index in [0.29, 0.717) is 0 Å². The molecular formula is C15H26N2O. The van der Waals surface area contributed by atoms with Crippen LogP contribution in [0.1, 0.15) is 31.9 Å². The van der Waals surface area contributed by atoms with Crippen LogP contribution in [0.4, 0.5) is 5.69 Å². The van der Waals surface area contributed by atoms with Gasteiger partial charge >= 0.3 is 0 Å². The van der Waals surface area contributed by atoms with Crippen molar-refractivity contribution in [2.75, 3.05) is 38.6 Å². The van der Waals surface area contributed by atoms with E-state index in [1.54, 1.807) is 6.92 Å². The number of aliphatic hydroxyl groups excluding tert-OH is 1. The zero-order valence-corrected chi connectivity index (χ0v) is 12.1. The molecule has 0 amide bonds. The highest BCUT2D eigenvalue weighted by Crippen LogP contribution is 2.19. The maximum Gasteiger partial charge on any atom is 0.0761 e. The van der Waals surface area contributed by atoms with Crippen molar-refractivity contribution in [3.8, 4) is 0 Å². The summed E-state index contributed by atoms with van der Waals surface area (Å²) in [4.78, 5) is 4.60. The smallest absolute Gasteiger partial charge is 0.0761 e. The van der Waals surface area contributed by atoms with Crippen molar-refractivity contribution >= 4 is 5.69 Å². The monoisotopic (exact) mass is 250 g/mol. The lowest BCUT2D eigenvalue weighted by atomic mass is 10.1. The molecule has 1 atom stereocenters. The number of rotatable bonds is 7. The van der Waals surface area contributed by atoms with Gasteiger partial charge in [-0.1, -0.05) is 19.1 Å². The SMILES string of the molecule is CCCN(CCN(C)C)c1ccc([C@H](C)O)cc1. The van der Waals surface area contributed by atoms with Crippen molar-refractivity contribution in [1.29, 1.82) is 0 Å². The summed E-state index contributed by atoms with van der Waals surface area (Å²) in [7, 11) is 4.20. The molecule has 0 saturated carbocycles. The van der Waals surface area contributed by atoms with E-state index in [2.05, 4.69) is 43.0 Å². The summed E-state index contributed by atoms with van der Waals surface area (Å²) >= 11 is 0. The Morgan fingerprint density at radius 1 is 1.06 bits per heavy atom. The summed E-state index contributed by atoms with van der Waals surface area (Å²) in [5.41, 5.74) is 2.21. The number of benzene rings is 1. The summed E-state index contributed by atoms with van der Waals surface area (Å²) in [5, 5.41) is 9.51. The summed E-state index contributed by atoms with van der Waals surface area (Å²) in [5.74, 6) is 0.